The maximum absolute atomic E-state index is 11.9. The van der Waals surface area contributed by atoms with E-state index >= 15 is 0 Å². The van der Waals surface area contributed by atoms with Crippen LogP contribution in [0, 0.1) is 17.0 Å². The highest BCUT2D eigenvalue weighted by Crippen LogP contribution is 2.15. The highest BCUT2D eigenvalue weighted by atomic mass is 32.2. The first-order valence-corrected chi connectivity index (χ1v) is 5.84. The van der Waals surface area contributed by atoms with E-state index in [0.717, 1.165) is 4.52 Å². The summed E-state index contributed by atoms with van der Waals surface area (Å²) in [6, 6.07) is 0. The molecule has 90 valence electrons. The lowest BCUT2D eigenvalue weighted by Gasteiger charge is -2.04. The Morgan fingerprint density at radius 3 is 2.65 bits per heavy atom. The van der Waals surface area contributed by atoms with E-state index in [4.69, 9.17) is 0 Å². The first-order chi connectivity index (χ1) is 7.97. The van der Waals surface area contributed by atoms with Gasteiger partial charge in [0, 0.05) is 7.05 Å². The van der Waals surface area contributed by atoms with Gasteiger partial charge in [0.1, 0.15) is 5.69 Å². The molecule has 0 aromatic carbocycles. The van der Waals surface area contributed by atoms with Crippen LogP contribution >= 0.6 is 11.8 Å². The first kappa shape index (κ1) is 11.6. The lowest BCUT2D eigenvalue weighted by Crippen LogP contribution is -2.23. The molecule has 0 aliphatic heterocycles. The van der Waals surface area contributed by atoms with Gasteiger partial charge in [-0.3, -0.25) is 14.9 Å². The summed E-state index contributed by atoms with van der Waals surface area (Å²) >= 11 is 1.27. The van der Waals surface area contributed by atoms with Crippen LogP contribution in [0.15, 0.2) is 9.95 Å². The molecule has 0 radical (unpaired) electrons. The van der Waals surface area contributed by atoms with Crippen LogP contribution in [-0.2, 0) is 7.05 Å². The SMILES string of the molecule is CSc1nc2n(C)c(C)c([N+](=O)[O-])c(=O)n2n1. The van der Waals surface area contributed by atoms with Gasteiger partial charge >= 0.3 is 11.2 Å². The minimum absolute atomic E-state index is 0.257. The summed E-state index contributed by atoms with van der Waals surface area (Å²) in [5, 5.41) is 15.1. The van der Waals surface area contributed by atoms with E-state index in [9.17, 15) is 14.9 Å². The van der Waals surface area contributed by atoms with Crippen LogP contribution in [0.1, 0.15) is 5.69 Å². The van der Waals surface area contributed by atoms with E-state index in [1.54, 1.807) is 13.3 Å². The molecule has 9 heteroatoms. The van der Waals surface area contributed by atoms with Crippen LogP contribution in [0.4, 0.5) is 5.69 Å². The average molecular weight is 255 g/mol. The van der Waals surface area contributed by atoms with Crippen molar-refractivity contribution in [2.75, 3.05) is 6.26 Å². The van der Waals surface area contributed by atoms with Crippen molar-refractivity contribution in [3.05, 3.63) is 26.2 Å². The summed E-state index contributed by atoms with van der Waals surface area (Å²) in [5.74, 6) is 0.294. The molecular formula is C8H9N5O3S. The minimum atomic E-state index is -0.756. The van der Waals surface area contributed by atoms with Crippen LogP contribution in [-0.4, -0.2) is 30.3 Å². The number of nitro groups is 1. The molecule has 8 nitrogen and oxygen atoms in total. The van der Waals surface area contributed by atoms with Gasteiger partial charge < -0.3 is 4.57 Å². The fourth-order valence-electron chi connectivity index (χ4n) is 1.50. The number of thioether (sulfide) groups is 1. The van der Waals surface area contributed by atoms with E-state index in [2.05, 4.69) is 10.1 Å². The van der Waals surface area contributed by atoms with Gasteiger partial charge in [-0.25, -0.2) is 0 Å². The zero-order chi connectivity index (χ0) is 12.7. The Bertz CT molecular complexity index is 674. The zero-order valence-corrected chi connectivity index (χ0v) is 10.2. The Balaban J connectivity index is 2.97. The second kappa shape index (κ2) is 3.84. The Morgan fingerprint density at radius 1 is 1.47 bits per heavy atom. The normalized spacial score (nSPS) is 11.0. The molecule has 2 aromatic heterocycles. The monoisotopic (exact) mass is 255 g/mol. The average Bonchev–Trinajstić information content (AvgIpc) is 2.70. The number of aryl methyl sites for hydroxylation is 1. The van der Waals surface area contributed by atoms with Crippen molar-refractivity contribution in [1.29, 1.82) is 0 Å². The molecule has 0 N–H and O–H groups in total. The summed E-state index contributed by atoms with van der Waals surface area (Å²) in [5.41, 5.74) is -0.974. The fraction of sp³-hybridized carbons (Fsp3) is 0.375. The van der Waals surface area contributed by atoms with E-state index in [-0.39, 0.29) is 5.69 Å². The Hall–Kier alpha value is -1.90. The molecule has 2 aromatic rings. The van der Waals surface area contributed by atoms with E-state index in [0.29, 0.717) is 10.9 Å². The number of nitrogens with zero attached hydrogens (tertiary/aromatic N) is 5. The second-order valence-electron chi connectivity index (χ2n) is 3.37. The van der Waals surface area contributed by atoms with Crippen molar-refractivity contribution in [3.8, 4) is 0 Å². The van der Waals surface area contributed by atoms with Gasteiger partial charge in [-0.15, -0.1) is 5.10 Å². The number of aromatic nitrogens is 4. The predicted molar refractivity (Wildman–Crippen MR) is 61.4 cm³/mol. The third kappa shape index (κ3) is 1.58. The number of fused-ring (bicyclic) bond motifs is 1. The van der Waals surface area contributed by atoms with Gasteiger partial charge in [-0.1, -0.05) is 11.8 Å². The van der Waals surface area contributed by atoms with Crippen LogP contribution < -0.4 is 5.56 Å². The molecule has 0 bridgehead atoms. The van der Waals surface area contributed by atoms with Crippen LogP contribution in [0.5, 0.6) is 0 Å². The van der Waals surface area contributed by atoms with Crippen molar-refractivity contribution >= 4 is 23.2 Å². The molecule has 0 saturated carbocycles. The van der Waals surface area contributed by atoms with Gasteiger partial charge in [0.25, 0.3) is 0 Å². The molecule has 0 aliphatic rings. The maximum Gasteiger partial charge on any atom is 0.355 e. The number of hydrogen-bond donors (Lipinski definition) is 0. The number of rotatable bonds is 2. The molecule has 0 unspecified atom stereocenters. The minimum Gasteiger partial charge on any atom is -0.311 e. The quantitative estimate of drug-likeness (QED) is 0.437. The third-order valence-corrected chi connectivity index (χ3v) is 3.01. The molecule has 17 heavy (non-hydrogen) atoms. The highest BCUT2D eigenvalue weighted by molar-refractivity contribution is 7.98. The topological polar surface area (TPSA) is 95.3 Å². The lowest BCUT2D eigenvalue weighted by atomic mass is 10.3. The van der Waals surface area contributed by atoms with E-state index in [1.165, 1.54) is 23.3 Å². The van der Waals surface area contributed by atoms with Gasteiger partial charge in [-0.05, 0) is 13.2 Å². The molecule has 0 aliphatic carbocycles. The van der Waals surface area contributed by atoms with Gasteiger partial charge in [0.05, 0.1) is 4.92 Å². The van der Waals surface area contributed by atoms with Gasteiger partial charge in [0.2, 0.25) is 10.9 Å². The fourth-order valence-corrected chi connectivity index (χ4v) is 1.84. The zero-order valence-electron chi connectivity index (χ0n) is 9.37. The molecule has 2 rings (SSSR count). The first-order valence-electron chi connectivity index (χ1n) is 4.62. The molecule has 0 spiro atoms. The van der Waals surface area contributed by atoms with Crippen molar-refractivity contribution in [1.82, 2.24) is 19.2 Å². The van der Waals surface area contributed by atoms with E-state index in [1.807, 2.05) is 0 Å². The Kier molecular flexibility index (Phi) is 2.62. The third-order valence-electron chi connectivity index (χ3n) is 2.48. The maximum atomic E-state index is 11.9. The second-order valence-corrected chi connectivity index (χ2v) is 4.14. The summed E-state index contributed by atoms with van der Waals surface area (Å²) in [7, 11) is 1.61. The Morgan fingerprint density at radius 2 is 2.12 bits per heavy atom. The van der Waals surface area contributed by atoms with Gasteiger partial charge in [-0.2, -0.15) is 9.50 Å². The molecule has 0 amide bonds. The van der Waals surface area contributed by atoms with Crippen molar-refractivity contribution in [2.45, 2.75) is 12.1 Å². The van der Waals surface area contributed by atoms with Gasteiger partial charge in [0.15, 0.2) is 0 Å². The summed E-state index contributed by atoms with van der Waals surface area (Å²) < 4.78 is 2.43. The van der Waals surface area contributed by atoms with Crippen LogP contribution in [0.3, 0.4) is 0 Å². The highest BCUT2D eigenvalue weighted by Gasteiger charge is 2.23. The molecular weight excluding hydrogens is 246 g/mol. The van der Waals surface area contributed by atoms with Crippen molar-refractivity contribution in [2.24, 2.45) is 7.05 Å². The molecule has 0 atom stereocenters. The molecule has 0 saturated heterocycles. The number of hydrogen-bond acceptors (Lipinski definition) is 6. The molecule has 0 fully saturated rings. The lowest BCUT2D eigenvalue weighted by molar-refractivity contribution is -0.387. The summed E-state index contributed by atoms with van der Waals surface area (Å²) in [6.45, 7) is 1.51. The largest absolute Gasteiger partial charge is 0.355 e. The van der Waals surface area contributed by atoms with E-state index < -0.39 is 16.2 Å². The Labute approximate surface area is 99.4 Å². The van der Waals surface area contributed by atoms with Crippen molar-refractivity contribution < 1.29 is 4.92 Å². The van der Waals surface area contributed by atoms with Crippen LogP contribution in [0.25, 0.3) is 5.78 Å². The predicted octanol–water partition coefficient (Wildman–Crippen LogP) is 0.367. The van der Waals surface area contributed by atoms with Crippen molar-refractivity contribution in [3.63, 3.8) is 0 Å². The smallest absolute Gasteiger partial charge is 0.311 e. The van der Waals surface area contributed by atoms with Crippen LogP contribution in [0.2, 0.25) is 0 Å². The molecule has 2 heterocycles. The standard InChI is InChI=1S/C8H9N5O3S/c1-4-5(13(15)16)6(14)12-8(11(4)2)9-7(10-12)17-3/h1-3H3. The summed E-state index contributed by atoms with van der Waals surface area (Å²) in [4.78, 5) is 26.1. The summed E-state index contributed by atoms with van der Waals surface area (Å²) in [6.07, 6.45) is 1.76.